The molecule has 48 heavy (non-hydrogen) atoms. The van der Waals surface area contributed by atoms with Crippen LogP contribution in [0.5, 0.6) is 11.5 Å². The van der Waals surface area contributed by atoms with Gasteiger partial charge in [0.15, 0.2) is 4.80 Å². The Hall–Kier alpha value is -3.27. The number of halogens is 3. The Kier molecular flexibility index (Phi) is 11.2. The summed E-state index contributed by atoms with van der Waals surface area (Å²) < 4.78 is 22.7. The molecule has 0 saturated heterocycles. The first kappa shape index (κ1) is 34.6. The number of nitrogens with zero attached hydrogens (tertiary/aromatic N) is 2. The molecule has 7 nitrogen and oxygen atoms in total. The standard InChI is InChI=1S/C37H29BrI2N2O5S/c1-3-45-28-16-12-24(13-17-28)33-31(36(44)46-4-2)32(23-8-6-5-7-9-23)41-37-42(33)35(43)30(48-37)19-25-18-27(39)20-29(40)34(25)47-21-22-10-14-26(38)15-11-22/h5-20,33H,3-4,21H2,1-2H3/b30-19-/t33-/m0/s1. The monoisotopic (exact) mass is 946 g/mol. The zero-order valence-corrected chi connectivity index (χ0v) is 32.6. The van der Waals surface area contributed by atoms with Gasteiger partial charge in [0.1, 0.15) is 18.1 Å². The number of carbonyl (C=O) groups is 1. The first-order chi connectivity index (χ1) is 23.3. The zero-order chi connectivity index (χ0) is 33.8. The topological polar surface area (TPSA) is 79.1 Å². The number of rotatable bonds is 10. The fourth-order valence-corrected chi connectivity index (χ4v) is 8.69. The van der Waals surface area contributed by atoms with Crippen LogP contribution in [-0.2, 0) is 16.1 Å². The fourth-order valence-electron chi connectivity index (χ4n) is 5.39. The first-order valence-corrected chi connectivity index (χ1v) is 18.9. The van der Waals surface area contributed by atoms with Gasteiger partial charge < -0.3 is 14.2 Å². The predicted molar refractivity (Wildman–Crippen MR) is 209 cm³/mol. The van der Waals surface area contributed by atoms with Crippen molar-refractivity contribution in [1.82, 2.24) is 4.57 Å². The number of aromatic nitrogens is 1. The lowest BCUT2D eigenvalue weighted by Crippen LogP contribution is -2.40. The van der Waals surface area contributed by atoms with E-state index >= 15 is 0 Å². The SMILES string of the molecule is CCOC(=O)C1=C(c2ccccc2)N=c2s/c(=C\c3cc(I)cc(I)c3OCc3ccc(Br)cc3)c(=O)n2[C@H]1c1ccc(OCC)cc1. The van der Waals surface area contributed by atoms with Crippen molar-refractivity contribution in [2.75, 3.05) is 13.2 Å². The predicted octanol–water partition coefficient (Wildman–Crippen LogP) is 7.89. The lowest BCUT2D eigenvalue weighted by atomic mass is 9.93. The molecule has 0 spiro atoms. The van der Waals surface area contributed by atoms with Crippen molar-refractivity contribution in [2.45, 2.75) is 26.5 Å². The van der Waals surface area contributed by atoms with Crippen LogP contribution < -0.4 is 24.4 Å². The Balaban J connectivity index is 1.55. The summed E-state index contributed by atoms with van der Waals surface area (Å²) >= 11 is 9.31. The summed E-state index contributed by atoms with van der Waals surface area (Å²) in [5, 5.41) is 0. The molecule has 0 bridgehead atoms. The van der Waals surface area contributed by atoms with Crippen LogP contribution in [0.2, 0.25) is 0 Å². The highest BCUT2D eigenvalue weighted by molar-refractivity contribution is 14.1. The molecule has 5 aromatic rings. The molecule has 0 N–H and O–H groups in total. The first-order valence-electron chi connectivity index (χ1n) is 15.1. The lowest BCUT2D eigenvalue weighted by molar-refractivity contribution is -0.138. The van der Waals surface area contributed by atoms with Crippen LogP contribution in [0.15, 0.2) is 111 Å². The van der Waals surface area contributed by atoms with E-state index in [0.29, 0.717) is 45.3 Å². The van der Waals surface area contributed by atoms with E-state index < -0.39 is 12.0 Å². The van der Waals surface area contributed by atoms with Gasteiger partial charge in [0.25, 0.3) is 5.56 Å². The van der Waals surface area contributed by atoms with Gasteiger partial charge >= 0.3 is 5.97 Å². The zero-order valence-electron chi connectivity index (χ0n) is 25.9. The van der Waals surface area contributed by atoms with E-state index in [0.717, 1.165) is 33.9 Å². The van der Waals surface area contributed by atoms with Crippen molar-refractivity contribution in [3.8, 4) is 11.5 Å². The van der Waals surface area contributed by atoms with Crippen LogP contribution in [-0.4, -0.2) is 23.8 Å². The van der Waals surface area contributed by atoms with Gasteiger partial charge in [-0.25, -0.2) is 9.79 Å². The molecule has 4 aromatic carbocycles. The van der Waals surface area contributed by atoms with E-state index in [9.17, 15) is 9.59 Å². The van der Waals surface area contributed by atoms with Gasteiger partial charge in [-0.1, -0.05) is 81.9 Å². The Labute approximate surface area is 317 Å². The Morgan fingerprint density at radius 2 is 1.69 bits per heavy atom. The van der Waals surface area contributed by atoms with Crippen molar-refractivity contribution in [3.05, 3.63) is 150 Å². The second-order valence-corrected chi connectivity index (χ2v) is 15.0. The van der Waals surface area contributed by atoms with Crippen molar-refractivity contribution in [3.63, 3.8) is 0 Å². The number of ether oxygens (including phenoxy) is 3. The minimum Gasteiger partial charge on any atom is -0.494 e. The molecule has 0 saturated carbocycles. The van der Waals surface area contributed by atoms with Gasteiger partial charge in [0, 0.05) is 19.2 Å². The molecule has 0 unspecified atom stereocenters. The average molecular weight is 947 g/mol. The van der Waals surface area contributed by atoms with Crippen molar-refractivity contribution < 1.29 is 19.0 Å². The second kappa shape index (κ2) is 15.5. The maximum atomic E-state index is 14.5. The molecule has 1 aromatic heterocycles. The number of thiazole rings is 1. The number of hydrogen-bond acceptors (Lipinski definition) is 7. The minimum absolute atomic E-state index is 0.180. The van der Waals surface area contributed by atoms with Gasteiger partial charge in [0.2, 0.25) is 0 Å². The number of hydrogen-bond donors (Lipinski definition) is 0. The van der Waals surface area contributed by atoms with Crippen LogP contribution in [0.1, 0.15) is 42.1 Å². The molecule has 0 radical (unpaired) electrons. The average Bonchev–Trinajstić information content (AvgIpc) is 3.39. The molecule has 0 fully saturated rings. The van der Waals surface area contributed by atoms with Crippen LogP contribution in [0, 0.1) is 7.14 Å². The van der Waals surface area contributed by atoms with E-state index in [-0.39, 0.29) is 12.2 Å². The third kappa shape index (κ3) is 7.48. The summed E-state index contributed by atoms with van der Waals surface area (Å²) in [7, 11) is 0. The number of esters is 1. The highest BCUT2D eigenvalue weighted by Crippen LogP contribution is 2.36. The minimum atomic E-state index is -0.780. The van der Waals surface area contributed by atoms with Gasteiger partial charge in [-0.05, 0) is 113 Å². The largest absolute Gasteiger partial charge is 0.494 e. The molecular formula is C37H29BrI2N2O5S. The molecule has 2 heterocycles. The van der Waals surface area contributed by atoms with Crippen LogP contribution in [0.3, 0.4) is 0 Å². The van der Waals surface area contributed by atoms with E-state index in [4.69, 9.17) is 19.2 Å². The smallest absolute Gasteiger partial charge is 0.338 e. The molecule has 0 amide bonds. The Morgan fingerprint density at radius 3 is 2.38 bits per heavy atom. The van der Waals surface area contributed by atoms with Gasteiger partial charge in [0.05, 0.1) is 38.6 Å². The molecule has 1 aliphatic heterocycles. The molecule has 244 valence electrons. The molecule has 11 heteroatoms. The second-order valence-electron chi connectivity index (χ2n) is 10.7. The van der Waals surface area contributed by atoms with Crippen molar-refractivity contribution >= 4 is 90.2 Å². The quantitative estimate of drug-likeness (QED) is 0.105. The summed E-state index contributed by atoms with van der Waals surface area (Å²) in [6, 6.07) is 28.2. The number of carbonyl (C=O) groups excluding carboxylic acids is 1. The van der Waals surface area contributed by atoms with Crippen LogP contribution >= 0.6 is 72.4 Å². The van der Waals surface area contributed by atoms with Crippen LogP contribution in [0.4, 0.5) is 0 Å². The lowest BCUT2D eigenvalue weighted by Gasteiger charge is -2.26. The Morgan fingerprint density at radius 1 is 0.958 bits per heavy atom. The molecule has 0 aliphatic carbocycles. The molecule has 1 aliphatic rings. The van der Waals surface area contributed by atoms with Gasteiger partial charge in [-0.15, -0.1) is 0 Å². The summed E-state index contributed by atoms with van der Waals surface area (Å²) in [5.41, 5.74) is 3.80. The number of fused-ring (bicyclic) bond motifs is 1. The summed E-state index contributed by atoms with van der Waals surface area (Å²) in [6.07, 6.45) is 1.86. The molecule has 6 rings (SSSR count). The summed E-state index contributed by atoms with van der Waals surface area (Å²) in [5.74, 6) is 0.858. The van der Waals surface area contributed by atoms with E-state index in [2.05, 4.69) is 61.1 Å². The van der Waals surface area contributed by atoms with E-state index in [1.165, 1.54) is 11.3 Å². The third-order valence-corrected chi connectivity index (χ3v) is 10.4. The highest BCUT2D eigenvalue weighted by atomic mass is 127. The summed E-state index contributed by atoms with van der Waals surface area (Å²) in [4.78, 5) is 33.7. The Bertz CT molecular complexity index is 2180. The number of benzene rings is 4. The van der Waals surface area contributed by atoms with Crippen LogP contribution in [0.25, 0.3) is 11.8 Å². The maximum absolute atomic E-state index is 14.5. The van der Waals surface area contributed by atoms with E-state index in [1.807, 2.05) is 104 Å². The molecule has 1 atom stereocenters. The summed E-state index contributed by atoms with van der Waals surface area (Å²) in [6.45, 7) is 4.76. The highest BCUT2D eigenvalue weighted by Gasteiger charge is 2.35. The maximum Gasteiger partial charge on any atom is 0.338 e. The van der Waals surface area contributed by atoms with Gasteiger partial charge in [-0.2, -0.15) is 0 Å². The van der Waals surface area contributed by atoms with E-state index in [1.54, 1.807) is 11.5 Å². The molecular weight excluding hydrogens is 918 g/mol. The van der Waals surface area contributed by atoms with Crippen molar-refractivity contribution in [2.24, 2.45) is 4.99 Å². The normalized spacial score (nSPS) is 14.4. The van der Waals surface area contributed by atoms with Crippen molar-refractivity contribution in [1.29, 1.82) is 0 Å². The fraction of sp³-hybridized carbons (Fsp3) is 0.162. The van der Waals surface area contributed by atoms with Gasteiger partial charge in [-0.3, -0.25) is 9.36 Å². The third-order valence-electron chi connectivity index (χ3n) is 7.50.